The van der Waals surface area contributed by atoms with Crippen molar-refractivity contribution in [3.05, 3.63) is 47.4 Å². The lowest BCUT2D eigenvalue weighted by molar-refractivity contribution is -0.137. The summed E-state index contributed by atoms with van der Waals surface area (Å²) in [5.74, 6) is 0.394. The Morgan fingerprint density at radius 2 is 1.97 bits per heavy atom. The van der Waals surface area contributed by atoms with Crippen LogP contribution in [0, 0.1) is 12.3 Å². The van der Waals surface area contributed by atoms with Crippen LogP contribution in [0.25, 0.3) is 5.69 Å². The summed E-state index contributed by atoms with van der Waals surface area (Å²) in [6, 6.07) is 7.16. The molecule has 2 atom stereocenters. The third-order valence-electron chi connectivity index (χ3n) is 6.18. The number of aliphatic hydroxyl groups is 1. The van der Waals surface area contributed by atoms with Crippen molar-refractivity contribution in [2.24, 2.45) is 5.41 Å². The predicted molar refractivity (Wildman–Crippen MR) is 119 cm³/mol. The number of benzene rings is 1. The molecule has 2 aromatic heterocycles. The first-order valence-corrected chi connectivity index (χ1v) is 11.0. The third kappa shape index (κ3) is 5.11. The van der Waals surface area contributed by atoms with Crippen LogP contribution in [0.2, 0.25) is 0 Å². The number of aryl methyl sites for hydroxylation is 1. The van der Waals surface area contributed by atoms with Gasteiger partial charge in [0.05, 0.1) is 11.8 Å². The lowest BCUT2D eigenvalue weighted by atomic mass is 9.73. The van der Waals surface area contributed by atoms with E-state index in [-0.39, 0.29) is 24.4 Å². The van der Waals surface area contributed by atoms with Crippen molar-refractivity contribution >= 4 is 11.8 Å². The molecule has 0 bridgehead atoms. The lowest BCUT2D eigenvalue weighted by Gasteiger charge is -2.40. The summed E-state index contributed by atoms with van der Waals surface area (Å²) < 4.78 is 42.5. The van der Waals surface area contributed by atoms with E-state index in [2.05, 4.69) is 36.1 Å². The largest absolute Gasteiger partial charge is 0.421 e. The third-order valence-corrected chi connectivity index (χ3v) is 6.18. The average molecular weight is 477 g/mol. The average Bonchev–Trinajstić information content (AvgIpc) is 3.20. The molecule has 2 heterocycles. The van der Waals surface area contributed by atoms with Crippen LogP contribution in [-0.4, -0.2) is 47.4 Å². The summed E-state index contributed by atoms with van der Waals surface area (Å²) >= 11 is 0. The topological polar surface area (TPSA) is 114 Å². The normalized spacial score (nSPS) is 20.2. The molecule has 12 heteroatoms. The van der Waals surface area contributed by atoms with Gasteiger partial charge in [-0.15, -0.1) is 5.10 Å². The summed E-state index contributed by atoms with van der Waals surface area (Å²) in [5.41, 5.74) is 0.233. The van der Waals surface area contributed by atoms with E-state index >= 15 is 0 Å². The van der Waals surface area contributed by atoms with Crippen molar-refractivity contribution in [3.63, 3.8) is 0 Å². The summed E-state index contributed by atoms with van der Waals surface area (Å²) in [5, 5.41) is 27.7. The number of hydrogen-bond donors (Lipinski definition) is 3. The second kappa shape index (κ2) is 9.16. The Morgan fingerprint density at radius 3 is 2.65 bits per heavy atom. The van der Waals surface area contributed by atoms with E-state index in [1.807, 2.05) is 38.1 Å². The second-order valence-electron chi connectivity index (χ2n) is 9.20. The van der Waals surface area contributed by atoms with Gasteiger partial charge in [0.15, 0.2) is 5.82 Å². The standard InChI is InChI=1S/C22H27F3N8O/c1-13-30-31-32-33(13)17-7-5-4-6-14(17)11-26-20-27-12-16(22(23,24)25)19(29-20)28-15-8-9-18(34)21(2,3)10-15/h4-7,12,15,18,34H,8-11H2,1-3H3,(H2,26,27,28,29)/t15?,18-/m1/s1. The highest BCUT2D eigenvalue weighted by Crippen LogP contribution is 2.39. The number of hydrogen-bond acceptors (Lipinski definition) is 8. The molecule has 1 fully saturated rings. The molecule has 34 heavy (non-hydrogen) atoms. The van der Waals surface area contributed by atoms with Gasteiger partial charge in [-0.05, 0) is 53.7 Å². The SMILES string of the molecule is Cc1nnnn1-c1ccccc1CNc1ncc(C(F)(F)F)c(NC2CC[C@@H](O)C(C)(C)C2)n1. The minimum Gasteiger partial charge on any atom is -0.393 e. The molecule has 182 valence electrons. The maximum Gasteiger partial charge on any atom is 0.421 e. The fourth-order valence-corrected chi connectivity index (χ4v) is 4.22. The lowest BCUT2D eigenvalue weighted by Crippen LogP contribution is -2.41. The molecule has 0 radical (unpaired) electrons. The van der Waals surface area contributed by atoms with E-state index < -0.39 is 23.3 Å². The highest BCUT2D eigenvalue weighted by molar-refractivity contribution is 5.50. The van der Waals surface area contributed by atoms with E-state index in [4.69, 9.17) is 0 Å². The van der Waals surface area contributed by atoms with E-state index in [1.54, 1.807) is 11.6 Å². The molecule has 0 spiro atoms. The molecule has 1 aliphatic carbocycles. The fraction of sp³-hybridized carbons (Fsp3) is 0.500. The maximum atomic E-state index is 13.6. The Kier molecular flexibility index (Phi) is 6.43. The number of halogens is 3. The van der Waals surface area contributed by atoms with Gasteiger partial charge >= 0.3 is 6.18 Å². The van der Waals surface area contributed by atoms with Gasteiger partial charge in [0.2, 0.25) is 5.95 Å². The number of tetrazole rings is 1. The van der Waals surface area contributed by atoms with Crippen molar-refractivity contribution in [2.75, 3.05) is 10.6 Å². The number of nitrogens with one attached hydrogen (secondary N) is 2. The molecule has 9 nitrogen and oxygen atoms in total. The van der Waals surface area contributed by atoms with E-state index in [1.165, 1.54) is 0 Å². The van der Waals surface area contributed by atoms with Crippen LogP contribution in [-0.2, 0) is 12.7 Å². The minimum absolute atomic E-state index is 0.0637. The fourth-order valence-electron chi connectivity index (χ4n) is 4.22. The quantitative estimate of drug-likeness (QED) is 0.493. The highest BCUT2D eigenvalue weighted by atomic mass is 19.4. The monoisotopic (exact) mass is 476 g/mol. The van der Waals surface area contributed by atoms with Gasteiger partial charge < -0.3 is 15.7 Å². The van der Waals surface area contributed by atoms with E-state index in [0.717, 1.165) is 17.4 Å². The molecule has 1 aliphatic rings. The van der Waals surface area contributed by atoms with Crippen LogP contribution in [0.15, 0.2) is 30.5 Å². The minimum atomic E-state index is -4.60. The number of aromatic nitrogens is 6. The molecular formula is C22H27F3N8O. The first kappa shape index (κ1) is 23.9. The van der Waals surface area contributed by atoms with Crippen molar-refractivity contribution in [1.82, 2.24) is 30.2 Å². The van der Waals surface area contributed by atoms with Gasteiger partial charge in [0.1, 0.15) is 11.4 Å². The number of rotatable bonds is 6. The van der Waals surface area contributed by atoms with Gasteiger partial charge in [-0.2, -0.15) is 22.8 Å². The number of alkyl halides is 3. The van der Waals surface area contributed by atoms with Gasteiger partial charge in [-0.25, -0.2) is 4.98 Å². The Labute approximate surface area is 194 Å². The summed E-state index contributed by atoms with van der Waals surface area (Å²) in [7, 11) is 0. The van der Waals surface area contributed by atoms with Gasteiger partial charge in [0.25, 0.3) is 0 Å². The number of nitrogens with zero attached hydrogens (tertiary/aromatic N) is 6. The zero-order chi connectivity index (χ0) is 24.5. The second-order valence-corrected chi connectivity index (χ2v) is 9.20. The first-order chi connectivity index (χ1) is 16.0. The van der Waals surface area contributed by atoms with Crippen LogP contribution in [0.3, 0.4) is 0 Å². The first-order valence-electron chi connectivity index (χ1n) is 11.0. The molecular weight excluding hydrogens is 449 g/mol. The molecule has 4 rings (SSSR count). The number of anilines is 2. The van der Waals surface area contributed by atoms with Crippen molar-refractivity contribution < 1.29 is 18.3 Å². The molecule has 0 saturated heterocycles. The zero-order valence-corrected chi connectivity index (χ0v) is 19.1. The smallest absolute Gasteiger partial charge is 0.393 e. The summed E-state index contributed by atoms with van der Waals surface area (Å²) in [6.07, 6.45) is -2.72. The highest BCUT2D eigenvalue weighted by Gasteiger charge is 2.39. The predicted octanol–water partition coefficient (Wildman–Crippen LogP) is 3.74. The Hall–Kier alpha value is -3.28. The molecule has 0 aliphatic heterocycles. The molecule has 3 aromatic rings. The van der Waals surface area contributed by atoms with Gasteiger partial charge in [0, 0.05) is 18.8 Å². The van der Waals surface area contributed by atoms with E-state index in [0.29, 0.717) is 25.1 Å². The van der Waals surface area contributed by atoms with Crippen molar-refractivity contribution in [1.29, 1.82) is 0 Å². The summed E-state index contributed by atoms with van der Waals surface area (Å²) in [6.45, 7) is 5.84. The molecule has 0 amide bonds. The van der Waals surface area contributed by atoms with Crippen molar-refractivity contribution in [3.8, 4) is 5.69 Å². The van der Waals surface area contributed by atoms with Crippen molar-refractivity contribution in [2.45, 2.75) is 64.9 Å². The van der Waals surface area contributed by atoms with Crippen LogP contribution in [0.4, 0.5) is 24.9 Å². The molecule has 3 N–H and O–H groups in total. The van der Waals surface area contributed by atoms with Crippen LogP contribution < -0.4 is 10.6 Å². The number of aliphatic hydroxyl groups excluding tert-OH is 1. The van der Waals surface area contributed by atoms with Gasteiger partial charge in [-0.3, -0.25) is 0 Å². The maximum absolute atomic E-state index is 13.6. The Balaban J connectivity index is 1.56. The summed E-state index contributed by atoms with van der Waals surface area (Å²) in [4.78, 5) is 8.06. The molecule has 1 aromatic carbocycles. The Bertz CT molecular complexity index is 1150. The zero-order valence-electron chi connectivity index (χ0n) is 19.1. The Morgan fingerprint density at radius 1 is 1.21 bits per heavy atom. The van der Waals surface area contributed by atoms with Crippen LogP contribution in [0.1, 0.15) is 50.1 Å². The number of para-hydroxylation sites is 1. The van der Waals surface area contributed by atoms with Gasteiger partial charge in [-0.1, -0.05) is 32.0 Å². The van der Waals surface area contributed by atoms with Crippen LogP contribution in [0.5, 0.6) is 0 Å². The van der Waals surface area contributed by atoms with Crippen LogP contribution >= 0.6 is 0 Å². The molecule has 1 unspecified atom stereocenters. The molecule has 1 saturated carbocycles. The van der Waals surface area contributed by atoms with E-state index in [9.17, 15) is 18.3 Å².